The lowest BCUT2D eigenvalue weighted by molar-refractivity contribution is -0.142. The molecular weight excluding hydrogens is 366 g/mol. The Morgan fingerprint density at radius 2 is 1.66 bits per heavy atom. The number of rotatable bonds is 6. The van der Waals surface area contributed by atoms with E-state index in [1.54, 1.807) is 14.2 Å². The minimum Gasteiger partial charge on any atom is -0.496 e. The number of hydrogen-bond donors (Lipinski definition) is 1. The van der Waals surface area contributed by atoms with Crippen LogP contribution in [0.4, 0.5) is 0 Å². The van der Waals surface area contributed by atoms with E-state index in [-0.39, 0.29) is 6.04 Å². The van der Waals surface area contributed by atoms with Gasteiger partial charge in [0.1, 0.15) is 17.5 Å². The van der Waals surface area contributed by atoms with E-state index in [0.717, 1.165) is 28.3 Å². The number of hydrogen-bond acceptors (Lipinski definition) is 4. The van der Waals surface area contributed by atoms with Gasteiger partial charge in [-0.1, -0.05) is 48.5 Å². The van der Waals surface area contributed by atoms with Crippen molar-refractivity contribution in [2.45, 2.75) is 24.9 Å². The molecule has 150 valence electrons. The molecule has 5 heteroatoms. The first-order valence-electron chi connectivity index (χ1n) is 9.82. The molecular formula is C24H25NO4. The van der Waals surface area contributed by atoms with Crippen molar-refractivity contribution < 1.29 is 19.4 Å². The summed E-state index contributed by atoms with van der Waals surface area (Å²) in [6, 6.07) is 19.2. The highest BCUT2D eigenvalue weighted by Crippen LogP contribution is 2.45. The van der Waals surface area contributed by atoms with E-state index in [9.17, 15) is 9.90 Å². The van der Waals surface area contributed by atoms with E-state index in [4.69, 9.17) is 9.47 Å². The molecule has 0 amide bonds. The van der Waals surface area contributed by atoms with E-state index in [2.05, 4.69) is 29.2 Å². The molecule has 0 saturated carbocycles. The molecule has 0 aromatic heterocycles. The summed E-state index contributed by atoms with van der Waals surface area (Å²) in [5, 5.41) is 12.1. The minimum atomic E-state index is -0.790. The molecule has 1 fully saturated rings. The molecule has 1 heterocycles. The van der Waals surface area contributed by atoms with Crippen molar-refractivity contribution in [1.82, 2.24) is 4.90 Å². The number of ether oxygens (including phenoxy) is 2. The van der Waals surface area contributed by atoms with Gasteiger partial charge in [-0.15, -0.1) is 0 Å². The highest BCUT2D eigenvalue weighted by molar-refractivity contribution is 5.87. The normalized spacial score (nSPS) is 17.9. The Morgan fingerprint density at radius 1 is 1.00 bits per heavy atom. The zero-order valence-electron chi connectivity index (χ0n) is 16.7. The summed E-state index contributed by atoms with van der Waals surface area (Å²) in [6.07, 6.45) is 1.48. The molecule has 5 nitrogen and oxygen atoms in total. The van der Waals surface area contributed by atoms with Gasteiger partial charge >= 0.3 is 5.97 Å². The van der Waals surface area contributed by atoms with Crippen LogP contribution in [0, 0.1) is 0 Å². The molecule has 0 aliphatic carbocycles. The molecule has 1 aliphatic rings. The third-order valence-electron chi connectivity index (χ3n) is 5.77. The summed E-state index contributed by atoms with van der Waals surface area (Å²) >= 11 is 0. The summed E-state index contributed by atoms with van der Waals surface area (Å²) in [4.78, 5) is 14.1. The lowest BCUT2D eigenvalue weighted by Gasteiger charge is -2.34. The number of carbonyl (C=O) groups is 1. The van der Waals surface area contributed by atoms with Gasteiger partial charge in [0, 0.05) is 6.54 Å². The Balaban J connectivity index is 2.00. The number of fused-ring (bicyclic) bond motifs is 1. The van der Waals surface area contributed by atoms with E-state index >= 15 is 0 Å². The van der Waals surface area contributed by atoms with Gasteiger partial charge in [0.25, 0.3) is 0 Å². The predicted molar refractivity (Wildman–Crippen MR) is 113 cm³/mol. The van der Waals surface area contributed by atoms with Crippen LogP contribution in [0.15, 0.2) is 60.7 Å². The maximum absolute atomic E-state index is 12.0. The molecule has 2 atom stereocenters. The summed E-state index contributed by atoms with van der Waals surface area (Å²) in [5.74, 6) is 0.596. The van der Waals surface area contributed by atoms with Crippen molar-refractivity contribution in [3.8, 4) is 11.5 Å². The quantitative estimate of drug-likeness (QED) is 0.671. The maximum Gasteiger partial charge on any atom is 0.320 e. The summed E-state index contributed by atoms with van der Waals surface area (Å²) < 4.78 is 11.4. The fraction of sp³-hybridized carbons (Fsp3) is 0.292. The van der Waals surface area contributed by atoms with Crippen molar-refractivity contribution in [2.75, 3.05) is 20.8 Å². The summed E-state index contributed by atoms with van der Waals surface area (Å²) in [6.45, 7) is 0.700. The van der Waals surface area contributed by atoms with E-state index in [1.165, 1.54) is 0 Å². The second-order valence-electron chi connectivity index (χ2n) is 7.28. The Labute approximate surface area is 170 Å². The van der Waals surface area contributed by atoms with Crippen LogP contribution in [0.2, 0.25) is 0 Å². The van der Waals surface area contributed by atoms with Crippen LogP contribution in [0.3, 0.4) is 0 Å². The zero-order valence-corrected chi connectivity index (χ0v) is 16.7. The number of carboxylic acid groups (broad SMARTS) is 1. The molecule has 1 N–H and O–H groups in total. The second-order valence-corrected chi connectivity index (χ2v) is 7.28. The number of methoxy groups -OCH3 is 2. The first-order valence-corrected chi connectivity index (χ1v) is 9.82. The minimum absolute atomic E-state index is 0.296. The van der Waals surface area contributed by atoms with Crippen LogP contribution in [-0.2, 0) is 4.79 Å². The predicted octanol–water partition coefficient (Wildman–Crippen LogP) is 4.50. The molecule has 0 radical (unpaired) electrons. The van der Waals surface area contributed by atoms with Crippen molar-refractivity contribution >= 4 is 16.7 Å². The average molecular weight is 391 g/mol. The van der Waals surface area contributed by atoms with Crippen LogP contribution in [0.5, 0.6) is 11.5 Å². The van der Waals surface area contributed by atoms with Gasteiger partial charge in [0.05, 0.1) is 25.8 Å². The van der Waals surface area contributed by atoms with Gasteiger partial charge in [-0.05, 0) is 41.3 Å². The Kier molecular flexibility index (Phi) is 5.41. The highest BCUT2D eigenvalue weighted by atomic mass is 16.5. The molecule has 1 aliphatic heterocycles. The summed E-state index contributed by atoms with van der Waals surface area (Å²) in [5.41, 5.74) is 1.92. The van der Waals surface area contributed by atoms with E-state index in [1.807, 2.05) is 36.4 Å². The molecule has 29 heavy (non-hydrogen) atoms. The number of likely N-dealkylation sites (tertiary alicyclic amines) is 1. The zero-order chi connectivity index (χ0) is 20.4. The molecule has 2 unspecified atom stereocenters. The van der Waals surface area contributed by atoms with E-state index < -0.39 is 12.0 Å². The maximum atomic E-state index is 12.0. The number of aliphatic carboxylic acids is 1. The molecule has 0 bridgehead atoms. The van der Waals surface area contributed by atoms with Gasteiger partial charge in [-0.3, -0.25) is 9.69 Å². The molecule has 1 saturated heterocycles. The lowest BCUT2D eigenvalue weighted by Crippen LogP contribution is -2.39. The SMILES string of the molecule is COc1cccc(OC)c1C(c1cccc2ccccc12)N1CCCC1C(=O)O. The molecule has 0 spiro atoms. The number of benzene rings is 3. The smallest absolute Gasteiger partial charge is 0.320 e. The van der Waals surface area contributed by atoms with Crippen molar-refractivity contribution in [3.05, 3.63) is 71.8 Å². The van der Waals surface area contributed by atoms with Crippen molar-refractivity contribution in [2.24, 2.45) is 0 Å². The number of carboxylic acids is 1. The van der Waals surface area contributed by atoms with Gasteiger partial charge in [0.15, 0.2) is 0 Å². The third-order valence-corrected chi connectivity index (χ3v) is 5.77. The molecule has 3 aromatic rings. The first kappa shape index (κ1) is 19.3. The van der Waals surface area contributed by atoms with Crippen molar-refractivity contribution in [1.29, 1.82) is 0 Å². The van der Waals surface area contributed by atoms with Gasteiger partial charge in [0.2, 0.25) is 0 Å². The standard InChI is InChI=1S/C24H25NO4/c1-28-20-13-6-14-21(29-2)22(20)23(25-15-7-12-19(25)24(26)27)18-11-5-9-16-8-3-4-10-17(16)18/h3-6,8-11,13-14,19,23H,7,12,15H2,1-2H3,(H,26,27). The second kappa shape index (κ2) is 8.13. The number of nitrogens with zero attached hydrogens (tertiary/aromatic N) is 1. The van der Waals surface area contributed by atoms with Gasteiger partial charge in [-0.25, -0.2) is 0 Å². The average Bonchev–Trinajstić information content (AvgIpc) is 3.24. The van der Waals surface area contributed by atoms with Crippen LogP contribution in [0.25, 0.3) is 10.8 Å². The molecule has 4 rings (SSSR count). The fourth-order valence-electron chi connectivity index (χ4n) is 4.50. The Morgan fingerprint density at radius 3 is 2.34 bits per heavy atom. The van der Waals surface area contributed by atoms with Crippen LogP contribution in [-0.4, -0.2) is 42.8 Å². The molecule has 3 aromatic carbocycles. The van der Waals surface area contributed by atoms with Gasteiger partial charge < -0.3 is 14.6 Å². The van der Waals surface area contributed by atoms with E-state index in [0.29, 0.717) is 24.5 Å². The largest absolute Gasteiger partial charge is 0.496 e. The van der Waals surface area contributed by atoms with Gasteiger partial charge in [-0.2, -0.15) is 0 Å². The topological polar surface area (TPSA) is 59.0 Å². The Hall–Kier alpha value is -3.05. The fourth-order valence-corrected chi connectivity index (χ4v) is 4.50. The lowest BCUT2D eigenvalue weighted by atomic mass is 9.90. The highest BCUT2D eigenvalue weighted by Gasteiger charge is 2.39. The Bertz CT molecular complexity index is 1000. The van der Waals surface area contributed by atoms with Crippen LogP contribution in [0.1, 0.15) is 30.0 Å². The first-order chi connectivity index (χ1) is 14.2. The monoisotopic (exact) mass is 391 g/mol. The van der Waals surface area contributed by atoms with Crippen molar-refractivity contribution in [3.63, 3.8) is 0 Å². The third kappa shape index (κ3) is 3.42. The van der Waals surface area contributed by atoms with Crippen LogP contribution >= 0.6 is 0 Å². The summed E-state index contributed by atoms with van der Waals surface area (Å²) in [7, 11) is 3.27. The van der Waals surface area contributed by atoms with Crippen LogP contribution < -0.4 is 9.47 Å².